The lowest BCUT2D eigenvalue weighted by Gasteiger charge is -2.46. The van der Waals surface area contributed by atoms with Gasteiger partial charge in [0.05, 0.1) is 6.54 Å². The van der Waals surface area contributed by atoms with Gasteiger partial charge in [-0.3, -0.25) is 19.2 Å². The molecule has 0 bridgehead atoms. The number of hydrogen-bond donors (Lipinski definition) is 2. The van der Waals surface area contributed by atoms with Gasteiger partial charge in [-0.05, 0) is 24.5 Å². The SMILES string of the molecule is CC(=O)N1CCC(C(=O)N2CCN3C(=O)[C@H](Cc4c[nH]c5ccccc45)NC(=O)[C@H]3C2)CC1. The van der Waals surface area contributed by atoms with Crippen LogP contribution >= 0.6 is 0 Å². The van der Waals surface area contributed by atoms with E-state index < -0.39 is 12.1 Å². The van der Waals surface area contributed by atoms with Gasteiger partial charge < -0.3 is 25.0 Å². The van der Waals surface area contributed by atoms with E-state index >= 15 is 0 Å². The van der Waals surface area contributed by atoms with Gasteiger partial charge >= 0.3 is 0 Å². The number of benzene rings is 1. The number of nitrogens with zero attached hydrogens (tertiary/aromatic N) is 3. The van der Waals surface area contributed by atoms with Crippen LogP contribution in [0.15, 0.2) is 30.5 Å². The quantitative estimate of drug-likeness (QED) is 0.709. The summed E-state index contributed by atoms with van der Waals surface area (Å²) >= 11 is 0. The molecule has 3 saturated heterocycles. The maximum Gasteiger partial charge on any atom is 0.246 e. The zero-order valence-corrected chi connectivity index (χ0v) is 18.8. The molecule has 3 aliphatic heterocycles. The molecule has 5 rings (SSSR count). The lowest BCUT2D eigenvalue weighted by molar-refractivity contribution is -0.157. The van der Waals surface area contributed by atoms with E-state index in [9.17, 15) is 19.2 Å². The average Bonchev–Trinajstić information content (AvgIpc) is 3.24. The van der Waals surface area contributed by atoms with E-state index in [1.165, 1.54) is 0 Å². The molecule has 1 aromatic carbocycles. The number of para-hydroxylation sites is 1. The predicted octanol–water partition coefficient (Wildman–Crippen LogP) is 0.507. The molecule has 0 aliphatic carbocycles. The van der Waals surface area contributed by atoms with Crippen molar-refractivity contribution in [2.24, 2.45) is 5.92 Å². The third-order valence-corrected chi connectivity index (χ3v) is 7.28. The van der Waals surface area contributed by atoms with E-state index in [0.29, 0.717) is 45.4 Å². The standard InChI is InChI=1S/C24H29N5O4/c1-15(30)27-8-6-16(7-9-27)23(32)28-10-11-29-21(14-28)22(31)26-20(24(29)33)12-17-13-25-19-5-3-2-4-18(17)19/h2-5,13,16,20-21,25H,6-12,14H2,1H3,(H,26,31)/t20-,21+/m0/s1. The number of piperidine rings is 1. The fraction of sp³-hybridized carbons (Fsp3) is 0.500. The molecule has 33 heavy (non-hydrogen) atoms. The molecule has 3 fully saturated rings. The number of H-pyrrole nitrogens is 1. The van der Waals surface area contributed by atoms with E-state index in [-0.39, 0.29) is 36.1 Å². The molecule has 4 amide bonds. The topological polar surface area (TPSA) is 106 Å². The monoisotopic (exact) mass is 451 g/mol. The van der Waals surface area contributed by atoms with Gasteiger partial charge in [0.25, 0.3) is 0 Å². The minimum atomic E-state index is -0.647. The number of hydrogen-bond acceptors (Lipinski definition) is 4. The van der Waals surface area contributed by atoms with Crippen LogP contribution in [0.5, 0.6) is 0 Å². The second-order valence-corrected chi connectivity index (χ2v) is 9.24. The van der Waals surface area contributed by atoms with E-state index in [1.807, 2.05) is 30.5 Å². The second kappa shape index (κ2) is 8.53. The number of amides is 4. The molecule has 0 spiro atoms. The van der Waals surface area contributed by atoms with Crippen LogP contribution in [0.3, 0.4) is 0 Å². The summed E-state index contributed by atoms with van der Waals surface area (Å²) in [6.07, 6.45) is 3.60. The Labute approximate surface area is 192 Å². The van der Waals surface area contributed by atoms with Crippen molar-refractivity contribution in [3.05, 3.63) is 36.0 Å². The maximum absolute atomic E-state index is 13.2. The zero-order chi connectivity index (χ0) is 23.1. The number of carbonyl (C=O) groups is 4. The van der Waals surface area contributed by atoms with Crippen LogP contribution in [0.25, 0.3) is 10.9 Å². The maximum atomic E-state index is 13.2. The van der Waals surface area contributed by atoms with Gasteiger partial charge in [-0.1, -0.05) is 18.2 Å². The number of fused-ring (bicyclic) bond motifs is 2. The Kier molecular flexibility index (Phi) is 5.55. The molecule has 174 valence electrons. The molecule has 1 aromatic heterocycles. The fourth-order valence-electron chi connectivity index (χ4n) is 5.36. The van der Waals surface area contributed by atoms with Gasteiger partial charge in [-0.15, -0.1) is 0 Å². The van der Waals surface area contributed by atoms with Crippen molar-refractivity contribution in [3.8, 4) is 0 Å². The number of carbonyl (C=O) groups excluding carboxylic acids is 4. The van der Waals surface area contributed by atoms with E-state index in [2.05, 4.69) is 10.3 Å². The first-order valence-corrected chi connectivity index (χ1v) is 11.6. The smallest absolute Gasteiger partial charge is 0.246 e. The highest BCUT2D eigenvalue weighted by atomic mass is 16.2. The third-order valence-electron chi connectivity index (χ3n) is 7.28. The number of aromatic nitrogens is 1. The molecule has 3 aliphatic rings. The van der Waals surface area contributed by atoms with Gasteiger partial charge in [0.15, 0.2) is 0 Å². The Morgan fingerprint density at radius 2 is 1.79 bits per heavy atom. The number of piperazine rings is 2. The Morgan fingerprint density at radius 3 is 2.55 bits per heavy atom. The van der Waals surface area contributed by atoms with E-state index in [1.54, 1.807) is 21.6 Å². The van der Waals surface area contributed by atoms with Gasteiger partial charge in [-0.25, -0.2) is 0 Å². The molecule has 0 radical (unpaired) electrons. The van der Waals surface area contributed by atoms with E-state index in [0.717, 1.165) is 16.5 Å². The molecular formula is C24H29N5O4. The van der Waals surface area contributed by atoms with Crippen LogP contribution < -0.4 is 5.32 Å². The number of aromatic amines is 1. The van der Waals surface area contributed by atoms with Gasteiger partial charge in [-0.2, -0.15) is 0 Å². The zero-order valence-electron chi connectivity index (χ0n) is 18.8. The van der Waals surface area contributed by atoms with E-state index in [4.69, 9.17) is 0 Å². The molecule has 2 aromatic rings. The number of likely N-dealkylation sites (tertiary alicyclic amines) is 1. The highest BCUT2D eigenvalue weighted by Crippen LogP contribution is 2.25. The summed E-state index contributed by atoms with van der Waals surface area (Å²) in [5.41, 5.74) is 2.00. The summed E-state index contributed by atoms with van der Waals surface area (Å²) in [5, 5.41) is 3.95. The molecule has 2 atom stereocenters. The minimum absolute atomic E-state index is 0.0269. The summed E-state index contributed by atoms with van der Waals surface area (Å²) in [6.45, 7) is 3.74. The number of rotatable bonds is 3. The van der Waals surface area contributed by atoms with Gasteiger partial charge in [0.2, 0.25) is 23.6 Å². The Balaban J connectivity index is 1.23. The van der Waals surface area contributed by atoms with Crippen LogP contribution in [0.4, 0.5) is 0 Å². The second-order valence-electron chi connectivity index (χ2n) is 9.24. The molecule has 9 nitrogen and oxygen atoms in total. The van der Waals surface area contributed by atoms with Gasteiger partial charge in [0, 0.05) is 62.5 Å². The molecule has 0 saturated carbocycles. The first kappa shape index (κ1) is 21.5. The predicted molar refractivity (Wildman–Crippen MR) is 121 cm³/mol. The normalized spacial score (nSPS) is 24.1. The van der Waals surface area contributed by atoms with Crippen LogP contribution in [-0.2, 0) is 25.6 Å². The van der Waals surface area contributed by atoms with Gasteiger partial charge in [0.1, 0.15) is 12.1 Å². The fourth-order valence-corrected chi connectivity index (χ4v) is 5.36. The largest absolute Gasteiger partial charge is 0.361 e. The summed E-state index contributed by atoms with van der Waals surface area (Å²) < 4.78 is 0. The number of nitrogens with one attached hydrogen (secondary N) is 2. The van der Waals surface area contributed by atoms with Crippen molar-refractivity contribution in [1.82, 2.24) is 25.0 Å². The Bertz CT molecular complexity index is 1100. The molecule has 0 unspecified atom stereocenters. The summed E-state index contributed by atoms with van der Waals surface area (Å²) in [7, 11) is 0. The summed E-state index contributed by atoms with van der Waals surface area (Å²) in [4.78, 5) is 59.1. The van der Waals surface area contributed by atoms with Crippen molar-refractivity contribution in [1.29, 1.82) is 0 Å². The summed E-state index contributed by atoms with van der Waals surface area (Å²) in [6, 6.07) is 6.64. The lowest BCUT2D eigenvalue weighted by atomic mass is 9.93. The lowest BCUT2D eigenvalue weighted by Crippen LogP contribution is -2.70. The minimum Gasteiger partial charge on any atom is -0.361 e. The first-order chi connectivity index (χ1) is 15.9. The van der Waals surface area contributed by atoms with Crippen molar-refractivity contribution < 1.29 is 19.2 Å². The highest BCUT2D eigenvalue weighted by molar-refractivity contribution is 5.98. The third kappa shape index (κ3) is 3.96. The van der Waals surface area contributed by atoms with Crippen LogP contribution in [0.2, 0.25) is 0 Å². The van der Waals surface area contributed by atoms with Crippen molar-refractivity contribution in [2.45, 2.75) is 38.3 Å². The molecule has 4 heterocycles. The molecular weight excluding hydrogens is 422 g/mol. The van der Waals surface area contributed by atoms with Crippen molar-refractivity contribution in [2.75, 3.05) is 32.7 Å². The van der Waals surface area contributed by atoms with Crippen molar-refractivity contribution in [3.63, 3.8) is 0 Å². The van der Waals surface area contributed by atoms with Crippen LogP contribution in [-0.4, -0.2) is 88.1 Å². The molecule has 9 heteroatoms. The van der Waals surface area contributed by atoms with Crippen LogP contribution in [0.1, 0.15) is 25.3 Å². The highest BCUT2D eigenvalue weighted by Gasteiger charge is 2.45. The summed E-state index contributed by atoms with van der Waals surface area (Å²) in [5.74, 6) is -0.368. The Hall–Kier alpha value is -3.36. The molecule has 2 N–H and O–H groups in total. The average molecular weight is 452 g/mol. The van der Waals surface area contributed by atoms with Crippen molar-refractivity contribution >= 4 is 34.5 Å². The van der Waals surface area contributed by atoms with Crippen LogP contribution in [0, 0.1) is 5.92 Å². The first-order valence-electron chi connectivity index (χ1n) is 11.6. The Morgan fingerprint density at radius 1 is 1.03 bits per heavy atom.